The summed E-state index contributed by atoms with van der Waals surface area (Å²) in [6.07, 6.45) is 2.14. The van der Waals surface area contributed by atoms with Crippen molar-refractivity contribution in [2.24, 2.45) is 11.7 Å². The molecular weight excluding hydrogens is 282 g/mol. The smallest absolute Gasteiger partial charge is 0.252 e. The zero-order valence-corrected chi connectivity index (χ0v) is 12.6. The number of para-hydroxylation sites is 1. The van der Waals surface area contributed by atoms with Crippen LogP contribution in [-0.2, 0) is 0 Å². The Morgan fingerprint density at radius 1 is 1.43 bits per heavy atom. The number of nitrogens with zero attached hydrogens (tertiary/aromatic N) is 1. The largest absolute Gasteiger partial charge is 0.392 e. The van der Waals surface area contributed by atoms with Gasteiger partial charge in [0.25, 0.3) is 5.91 Å². The van der Waals surface area contributed by atoms with Gasteiger partial charge in [-0.2, -0.15) is 0 Å². The van der Waals surface area contributed by atoms with E-state index >= 15 is 0 Å². The lowest BCUT2D eigenvalue weighted by molar-refractivity contribution is 0.0945. The number of benzene rings is 1. The predicted molar refractivity (Wildman–Crippen MR) is 87.2 cm³/mol. The third-order valence-corrected chi connectivity index (χ3v) is 4.03. The quantitative estimate of drug-likeness (QED) is 0.850. The van der Waals surface area contributed by atoms with Crippen LogP contribution in [0.15, 0.2) is 30.3 Å². The van der Waals surface area contributed by atoms with Crippen molar-refractivity contribution in [3.8, 4) is 0 Å². The van der Waals surface area contributed by atoms with E-state index in [1.54, 1.807) is 6.07 Å². The zero-order chi connectivity index (χ0) is 15.0. The molecule has 0 radical (unpaired) electrons. The van der Waals surface area contributed by atoms with Crippen molar-refractivity contribution in [3.05, 3.63) is 41.6 Å². The highest BCUT2D eigenvalue weighted by molar-refractivity contribution is 7.80. The lowest BCUT2D eigenvalue weighted by atomic mass is 10.1. The first-order valence-corrected chi connectivity index (χ1v) is 7.43. The van der Waals surface area contributed by atoms with Crippen LogP contribution in [0.3, 0.4) is 0 Å². The molecule has 1 atom stereocenters. The van der Waals surface area contributed by atoms with Crippen LogP contribution in [0.4, 0.5) is 0 Å². The average molecular weight is 299 g/mol. The van der Waals surface area contributed by atoms with Gasteiger partial charge in [-0.3, -0.25) is 9.78 Å². The molecule has 0 saturated heterocycles. The van der Waals surface area contributed by atoms with Crippen LogP contribution in [0.25, 0.3) is 10.9 Å². The van der Waals surface area contributed by atoms with Crippen LogP contribution in [-0.4, -0.2) is 21.9 Å². The summed E-state index contributed by atoms with van der Waals surface area (Å²) in [6.45, 7) is 1.88. The summed E-state index contributed by atoms with van der Waals surface area (Å²) in [5.41, 5.74) is 8.01. The van der Waals surface area contributed by atoms with Crippen molar-refractivity contribution in [2.75, 3.05) is 0 Å². The maximum absolute atomic E-state index is 12.6. The van der Waals surface area contributed by atoms with E-state index in [2.05, 4.69) is 10.3 Å². The van der Waals surface area contributed by atoms with Crippen molar-refractivity contribution in [3.63, 3.8) is 0 Å². The van der Waals surface area contributed by atoms with Gasteiger partial charge in [-0.15, -0.1) is 0 Å². The van der Waals surface area contributed by atoms with Gasteiger partial charge in [0, 0.05) is 11.1 Å². The maximum Gasteiger partial charge on any atom is 0.252 e. The molecule has 1 aliphatic rings. The van der Waals surface area contributed by atoms with Gasteiger partial charge in [0.05, 0.1) is 22.1 Å². The van der Waals surface area contributed by atoms with Crippen LogP contribution in [0, 0.1) is 12.8 Å². The Labute approximate surface area is 128 Å². The highest BCUT2D eigenvalue weighted by atomic mass is 32.1. The molecule has 0 spiro atoms. The summed E-state index contributed by atoms with van der Waals surface area (Å²) >= 11 is 5.07. The Hall–Kier alpha value is -2.01. The van der Waals surface area contributed by atoms with Gasteiger partial charge in [0.15, 0.2) is 0 Å². The van der Waals surface area contributed by atoms with E-state index in [0.717, 1.165) is 29.4 Å². The molecule has 1 aromatic carbocycles. The minimum absolute atomic E-state index is 0.138. The molecular formula is C16H17N3OS. The molecule has 0 bridgehead atoms. The second kappa shape index (κ2) is 5.41. The third-order valence-electron chi connectivity index (χ3n) is 3.78. The molecule has 2 aromatic rings. The Morgan fingerprint density at radius 3 is 2.81 bits per heavy atom. The minimum atomic E-state index is -0.209. The van der Waals surface area contributed by atoms with Gasteiger partial charge in [-0.05, 0) is 37.8 Å². The lowest BCUT2D eigenvalue weighted by Gasteiger charge is -2.17. The minimum Gasteiger partial charge on any atom is -0.392 e. The Bertz CT molecular complexity index is 725. The van der Waals surface area contributed by atoms with Gasteiger partial charge in [0.1, 0.15) is 0 Å². The SMILES string of the molecule is Cc1cc(C(=O)NC(C(N)=S)C2CC2)c2ccccc2n1. The molecule has 1 aromatic heterocycles. The van der Waals surface area contributed by atoms with Crippen molar-refractivity contribution < 1.29 is 4.79 Å². The van der Waals surface area contributed by atoms with E-state index in [1.165, 1.54) is 0 Å². The summed E-state index contributed by atoms with van der Waals surface area (Å²) in [5, 5.41) is 3.83. The number of nitrogens with one attached hydrogen (secondary N) is 1. The number of thiocarbonyl (C=S) groups is 1. The average Bonchev–Trinajstić information content (AvgIpc) is 3.27. The maximum atomic E-state index is 12.6. The molecule has 1 fully saturated rings. The first kappa shape index (κ1) is 13.9. The van der Waals surface area contributed by atoms with Crippen molar-refractivity contribution in [1.29, 1.82) is 0 Å². The highest BCUT2D eigenvalue weighted by Crippen LogP contribution is 2.33. The Kier molecular flexibility index (Phi) is 3.59. The number of fused-ring (bicyclic) bond motifs is 1. The first-order chi connectivity index (χ1) is 10.1. The number of aromatic nitrogens is 1. The van der Waals surface area contributed by atoms with Crippen molar-refractivity contribution in [1.82, 2.24) is 10.3 Å². The van der Waals surface area contributed by atoms with Gasteiger partial charge in [0.2, 0.25) is 0 Å². The summed E-state index contributed by atoms with van der Waals surface area (Å²) in [7, 11) is 0. The molecule has 3 N–H and O–H groups in total. The number of hydrogen-bond donors (Lipinski definition) is 2. The molecule has 0 aliphatic heterocycles. The number of amides is 1. The summed E-state index contributed by atoms with van der Waals surface area (Å²) in [6, 6.07) is 9.23. The van der Waals surface area contributed by atoms with Crippen LogP contribution in [0.2, 0.25) is 0 Å². The Morgan fingerprint density at radius 2 is 2.14 bits per heavy atom. The van der Waals surface area contributed by atoms with Gasteiger partial charge >= 0.3 is 0 Å². The second-order valence-electron chi connectivity index (χ2n) is 5.52. The fourth-order valence-electron chi connectivity index (χ4n) is 2.57. The van der Waals surface area contributed by atoms with Gasteiger partial charge in [-0.25, -0.2) is 0 Å². The molecule has 1 heterocycles. The molecule has 1 amide bonds. The fraction of sp³-hybridized carbons (Fsp3) is 0.312. The standard InChI is InChI=1S/C16H17N3OS/c1-9-8-12(11-4-2-3-5-13(11)18-9)16(20)19-14(15(17)21)10-6-7-10/h2-5,8,10,14H,6-7H2,1H3,(H2,17,21)(H,19,20). The van der Waals surface area contributed by atoms with E-state index in [4.69, 9.17) is 18.0 Å². The molecule has 21 heavy (non-hydrogen) atoms. The van der Waals surface area contributed by atoms with Crippen LogP contribution < -0.4 is 11.1 Å². The number of nitrogens with two attached hydrogens (primary N) is 1. The number of carbonyl (C=O) groups excluding carboxylic acids is 1. The topological polar surface area (TPSA) is 68.0 Å². The van der Waals surface area contributed by atoms with Gasteiger partial charge in [-0.1, -0.05) is 30.4 Å². The number of hydrogen-bond acceptors (Lipinski definition) is 3. The number of carbonyl (C=O) groups is 1. The van der Waals surface area contributed by atoms with Crippen molar-refractivity contribution in [2.45, 2.75) is 25.8 Å². The van der Waals surface area contributed by atoms with Crippen molar-refractivity contribution >= 4 is 34.0 Å². The predicted octanol–water partition coefficient (Wildman–Crippen LogP) is 2.34. The molecule has 4 nitrogen and oxygen atoms in total. The van der Waals surface area contributed by atoms with E-state index in [0.29, 0.717) is 16.5 Å². The monoisotopic (exact) mass is 299 g/mol. The molecule has 108 valence electrons. The molecule has 3 rings (SSSR count). The molecule has 1 unspecified atom stereocenters. The summed E-state index contributed by atoms with van der Waals surface area (Å²) in [4.78, 5) is 17.4. The lowest BCUT2D eigenvalue weighted by Crippen LogP contribution is -2.45. The van der Waals surface area contributed by atoms with E-state index in [9.17, 15) is 4.79 Å². The molecule has 5 heteroatoms. The first-order valence-electron chi connectivity index (χ1n) is 7.03. The van der Waals surface area contributed by atoms with E-state index in [-0.39, 0.29) is 11.9 Å². The number of rotatable bonds is 4. The summed E-state index contributed by atoms with van der Waals surface area (Å²) < 4.78 is 0. The molecule has 1 saturated carbocycles. The Balaban J connectivity index is 1.95. The second-order valence-corrected chi connectivity index (χ2v) is 5.99. The van der Waals surface area contributed by atoms with Gasteiger partial charge < -0.3 is 11.1 Å². The third kappa shape index (κ3) is 2.88. The highest BCUT2D eigenvalue weighted by Gasteiger charge is 2.34. The summed E-state index contributed by atoms with van der Waals surface area (Å²) in [5.74, 6) is 0.252. The van der Waals surface area contributed by atoms with Crippen LogP contribution in [0.1, 0.15) is 28.9 Å². The number of pyridine rings is 1. The zero-order valence-electron chi connectivity index (χ0n) is 11.8. The molecule has 1 aliphatic carbocycles. The number of aryl methyl sites for hydroxylation is 1. The van der Waals surface area contributed by atoms with Crippen LogP contribution >= 0.6 is 12.2 Å². The normalized spacial score (nSPS) is 15.7. The van der Waals surface area contributed by atoms with Crippen LogP contribution in [0.5, 0.6) is 0 Å². The van der Waals surface area contributed by atoms with E-state index < -0.39 is 0 Å². The fourth-order valence-corrected chi connectivity index (χ4v) is 2.82. The van der Waals surface area contributed by atoms with E-state index in [1.807, 2.05) is 31.2 Å².